The summed E-state index contributed by atoms with van der Waals surface area (Å²) in [5, 5.41) is 0.518. The number of halogens is 1. The highest BCUT2D eigenvalue weighted by Crippen LogP contribution is 2.25. The Hall–Kier alpha value is -2.86. The maximum Gasteiger partial charge on any atom is 0.271 e. The van der Waals surface area contributed by atoms with Crippen LogP contribution < -0.4 is 15.8 Å². The molecule has 2 N–H and O–H groups in total. The molecule has 1 aliphatic heterocycles. The van der Waals surface area contributed by atoms with E-state index < -0.39 is 11.8 Å². The minimum atomic E-state index is -0.488. The Morgan fingerprint density at radius 2 is 1.64 bits per heavy atom. The first kappa shape index (κ1) is 17.0. The SMILES string of the molecule is O=C(NNC(=O)c1ccccc1N1CCCC1=O)c1ccc(Cl)cc1. The van der Waals surface area contributed by atoms with Crippen molar-refractivity contribution >= 4 is 35.0 Å². The lowest BCUT2D eigenvalue weighted by atomic mass is 10.1. The molecular weight excluding hydrogens is 342 g/mol. The number of nitrogens with one attached hydrogen (secondary N) is 2. The summed E-state index contributed by atoms with van der Waals surface area (Å²) in [5.41, 5.74) is 5.98. The standard InChI is InChI=1S/C18H16ClN3O3/c19-13-9-7-12(8-10-13)17(24)20-21-18(25)14-4-1-2-5-15(14)22-11-3-6-16(22)23/h1-2,4-5,7-10H,3,6,11H2,(H,20,24)(H,21,25). The number of anilines is 1. The van der Waals surface area contributed by atoms with Gasteiger partial charge in [-0.05, 0) is 42.8 Å². The van der Waals surface area contributed by atoms with Gasteiger partial charge in [0.05, 0.1) is 11.3 Å². The largest absolute Gasteiger partial charge is 0.312 e. The zero-order valence-corrected chi connectivity index (χ0v) is 14.0. The molecule has 0 aliphatic carbocycles. The maximum atomic E-state index is 12.4. The molecule has 1 aliphatic rings. The van der Waals surface area contributed by atoms with Gasteiger partial charge in [0.1, 0.15) is 0 Å². The fraction of sp³-hybridized carbons (Fsp3) is 0.167. The molecule has 3 amide bonds. The van der Waals surface area contributed by atoms with Crippen LogP contribution in [0.25, 0.3) is 0 Å². The molecule has 0 radical (unpaired) electrons. The van der Waals surface area contributed by atoms with Gasteiger partial charge >= 0.3 is 0 Å². The topological polar surface area (TPSA) is 78.5 Å². The number of carbonyl (C=O) groups excluding carboxylic acids is 3. The van der Waals surface area contributed by atoms with E-state index in [0.717, 1.165) is 6.42 Å². The second-order valence-electron chi connectivity index (χ2n) is 5.58. The number of hydrogen-bond donors (Lipinski definition) is 2. The second-order valence-corrected chi connectivity index (χ2v) is 6.02. The summed E-state index contributed by atoms with van der Waals surface area (Å²) in [4.78, 5) is 38.0. The molecular formula is C18H16ClN3O3. The minimum Gasteiger partial charge on any atom is -0.312 e. The minimum absolute atomic E-state index is 0.00884. The molecule has 0 bridgehead atoms. The lowest BCUT2D eigenvalue weighted by Gasteiger charge is -2.19. The van der Waals surface area contributed by atoms with Gasteiger partial charge in [0.2, 0.25) is 5.91 Å². The van der Waals surface area contributed by atoms with Gasteiger partial charge in [-0.25, -0.2) is 0 Å². The number of carbonyl (C=O) groups is 3. The summed E-state index contributed by atoms with van der Waals surface area (Å²) >= 11 is 5.78. The van der Waals surface area contributed by atoms with Gasteiger partial charge in [0, 0.05) is 23.6 Å². The van der Waals surface area contributed by atoms with Gasteiger partial charge < -0.3 is 4.90 Å². The molecule has 1 saturated heterocycles. The van der Waals surface area contributed by atoms with E-state index in [1.54, 1.807) is 53.4 Å². The normalized spacial score (nSPS) is 13.6. The van der Waals surface area contributed by atoms with Crippen molar-refractivity contribution < 1.29 is 14.4 Å². The van der Waals surface area contributed by atoms with Crippen LogP contribution in [0.1, 0.15) is 33.6 Å². The number of para-hydroxylation sites is 1. The number of hydrogen-bond acceptors (Lipinski definition) is 3. The number of amides is 3. The third-order valence-corrected chi connectivity index (χ3v) is 4.16. The van der Waals surface area contributed by atoms with E-state index >= 15 is 0 Å². The quantitative estimate of drug-likeness (QED) is 0.828. The molecule has 7 heteroatoms. The predicted molar refractivity (Wildman–Crippen MR) is 94.4 cm³/mol. The van der Waals surface area contributed by atoms with E-state index in [4.69, 9.17) is 11.6 Å². The van der Waals surface area contributed by atoms with E-state index in [-0.39, 0.29) is 5.91 Å². The van der Waals surface area contributed by atoms with Crippen molar-refractivity contribution in [1.29, 1.82) is 0 Å². The summed E-state index contributed by atoms with van der Waals surface area (Å²) < 4.78 is 0. The van der Waals surface area contributed by atoms with Crippen LogP contribution >= 0.6 is 11.6 Å². The van der Waals surface area contributed by atoms with Gasteiger partial charge in [-0.3, -0.25) is 25.2 Å². The smallest absolute Gasteiger partial charge is 0.271 e. The first-order chi connectivity index (χ1) is 12.1. The van der Waals surface area contributed by atoms with Gasteiger partial charge in [-0.1, -0.05) is 23.7 Å². The third kappa shape index (κ3) is 3.80. The van der Waals surface area contributed by atoms with Crippen molar-refractivity contribution in [1.82, 2.24) is 10.9 Å². The number of nitrogens with zero attached hydrogens (tertiary/aromatic N) is 1. The molecule has 3 rings (SSSR count). The number of hydrazine groups is 1. The molecule has 25 heavy (non-hydrogen) atoms. The second kappa shape index (κ2) is 7.36. The van der Waals surface area contributed by atoms with Crippen molar-refractivity contribution in [2.24, 2.45) is 0 Å². The van der Waals surface area contributed by atoms with Gasteiger partial charge in [-0.2, -0.15) is 0 Å². The van der Waals surface area contributed by atoms with Crippen LogP contribution in [-0.4, -0.2) is 24.3 Å². The average molecular weight is 358 g/mol. The van der Waals surface area contributed by atoms with Crippen LogP contribution in [-0.2, 0) is 4.79 Å². The number of rotatable bonds is 3. The predicted octanol–water partition coefficient (Wildman–Crippen LogP) is 2.54. The zero-order valence-electron chi connectivity index (χ0n) is 13.3. The Bertz CT molecular complexity index is 821. The van der Waals surface area contributed by atoms with E-state index in [1.807, 2.05) is 0 Å². The maximum absolute atomic E-state index is 12.4. The zero-order chi connectivity index (χ0) is 17.8. The van der Waals surface area contributed by atoms with Crippen LogP contribution in [0.3, 0.4) is 0 Å². The Balaban J connectivity index is 1.70. The molecule has 0 aromatic heterocycles. The highest BCUT2D eigenvalue weighted by Gasteiger charge is 2.25. The van der Waals surface area contributed by atoms with Crippen LogP contribution in [0.2, 0.25) is 5.02 Å². The average Bonchev–Trinajstić information content (AvgIpc) is 3.06. The molecule has 2 aromatic carbocycles. The Kier molecular flexibility index (Phi) is 5.00. The fourth-order valence-corrected chi connectivity index (χ4v) is 2.78. The van der Waals surface area contributed by atoms with Gasteiger partial charge in [0.15, 0.2) is 0 Å². The molecule has 1 fully saturated rings. The summed E-state index contributed by atoms with van der Waals surface area (Å²) in [5.74, 6) is -0.956. The summed E-state index contributed by atoms with van der Waals surface area (Å²) in [6.07, 6.45) is 1.24. The molecule has 1 heterocycles. The Morgan fingerprint density at radius 3 is 2.32 bits per heavy atom. The van der Waals surface area contributed by atoms with Gasteiger partial charge in [0.25, 0.3) is 11.8 Å². The van der Waals surface area contributed by atoms with Crippen LogP contribution in [0.5, 0.6) is 0 Å². The molecule has 2 aromatic rings. The van der Waals surface area contributed by atoms with Gasteiger partial charge in [-0.15, -0.1) is 0 Å². The number of benzene rings is 2. The van der Waals surface area contributed by atoms with Crippen molar-refractivity contribution in [2.75, 3.05) is 11.4 Å². The van der Waals surface area contributed by atoms with Crippen molar-refractivity contribution in [2.45, 2.75) is 12.8 Å². The lowest BCUT2D eigenvalue weighted by molar-refractivity contribution is -0.117. The molecule has 0 atom stereocenters. The van der Waals surface area contributed by atoms with E-state index in [1.165, 1.54) is 0 Å². The molecule has 0 unspecified atom stereocenters. The van der Waals surface area contributed by atoms with Crippen molar-refractivity contribution in [3.63, 3.8) is 0 Å². The van der Waals surface area contributed by atoms with Crippen LogP contribution in [0, 0.1) is 0 Å². The Labute approximate surface area is 149 Å². The molecule has 128 valence electrons. The highest BCUT2D eigenvalue weighted by molar-refractivity contribution is 6.30. The highest BCUT2D eigenvalue weighted by atomic mass is 35.5. The summed E-state index contributed by atoms with van der Waals surface area (Å²) in [7, 11) is 0. The van der Waals surface area contributed by atoms with E-state index in [9.17, 15) is 14.4 Å². The van der Waals surface area contributed by atoms with E-state index in [0.29, 0.717) is 34.8 Å². The lowest BCUT2D eigenvalue weighted by Crippen LogP contribution is -2.42. The first-order valence-corrected chi connectivity index (χ1v) is 8.20. The first-order valence-electron chi connectivity index (χ1n) is 7.82. The fourth-order valence-electron chi connectivity index (χ4n) is 2.66. The van der Waals surface area contributed by atoms with E-state index in [2.05, 4.69) is 10.9 Å². The summed E-state index contributed by atoms with van der Waals surface area (Å²) in [6, 6.07) is 13.1. The molecule has 0 saturated carbocycles. The monoisotopic (exact) mass is 357 g/mol. The molecule has 0 spiro atoms. The van der Waals surface area contributed by atoms with Crippen LogP contribution in [0.15, 0.2) is 48.5 Å². The van der Waals surface area contributed by atoms with Crippen molar-refractivity contribution in [3.8, 4) is 0 Å². The summed E-state index contributed by atoms with van der Waals surface area (Å²) in [6.45, 7) is 0.584. The third-order valence-electron chi connectivity index (χ3n) is 3.91. The molecule has 6 nitrogen and oxygen atoms in total. The van der Waals surface area contributed by atoms with Crippen LogP contribution in [0.4, 0.5) is 5.69 Å². The van der Waals surface area contributed by atoms with Crippen molar-refractivity contribution in [3.05, 3.63) is 64.7 Å². The Morgan fingerprint density at radius 1 is 0.960 bits per heavy atom.